The van der Waals surface area contributed by atoms with Crippen LogP contribution in [0.5, 0.6) is 0 Å². The van der Waals surface area contributed by atoms with E-state index in [2.05, 4.69) is 10.6 Å². The number of carbonyl (C=O) groups is 3. The standard InChI is InChI=1S/C22H24N4O3S/c1-15-8-10-18(11-9-15)26-21(29)19(25(22(26)30)13-12-23-16(2)27)14-20(28)24-17-6-4-3-5-7-17/h3-11,19H,12-14H2,1-2H3,(H,23,27)(H,24,28). The Morgan fingerprint density at radius 1 is 1.07 bits per heavy atom. The van der Waals surface area contributed by atoms with Gasteiger partial charge in [-0.2, -0.15) is 0 Å². The molecular formula is C22H24N4O3S. The molecule has 1 fully saturated rings. The number of benzene rings is 2. The molecule has 3 amide bonds. The van der Waals surface area contributed by atoms with Crippen LogP contribution in [0.15, 0.2) is 54.6 Å². The molecule has 156 valence electrons. The van der Waals surface area contributed by atoms with Crippen molar-refractivity contribution in [3.8, 4) is 0 Å². The number of nitrogens with one attached hydrogen (secondary N) is 2. The zero-order chi connectivity index (χ0) is 21.7. The number of anilines is 2. The van der Waals surface area contributed by atoms with Crippen molar-refractivity contribution in [1.29, 1.82) is 0 Å². The number of thiocarbonyl (C=S) groups is 1. The summed E-state index contributed by atoms with van der Waals surface area (Å²) >= 11 is 5.58. The van der Waals surface area contributed by atoms with Gasteiger partial charge in [-0.25, -0.2) is 0 Å². The molecule has 1 aliphatic heterocycles. The summed E-state index contributed by atoms with van der Waals surface area (Å²) in [5.74, 6) is -0.701. The third-order valence-corrected chi connectivity index (χ3v) is 5.19. The first-order chi connectivity index (χ1) is 14.4. The lowest BCUT2D eigenvalue weighted by Gasteiger charge is -2.24. The quantitative estimate of drug-likeness (QED) is 0.668. The van der Waals surface area contributed by atoms with Gasteiger partial charge in [0.1, 0.15) is 6.04 Å². The van der Waals surface area contributed by atoms with E-state index in [1.807, 2.05) is 49.4 Å². The minimum absolute atomic E-state index is 0.0453. The van der Waals surface area contributed by atoms with E-state index in [-0.39, 0.29) is 24.1 Å². The first kappa shape index (κ1) is 21.4. The summed E-state index contributed by atoms with van der Waals surface area (Å²) in [6.07, 6.45) is -0.0453. The predicted octanol–water partition coefficient (Wildman–Crippen LogP) is 2.46. The second-order valence-corrected chi connectivity index (χ2v) is 7.47. The molecule has 1 saturated heterocycles. The Hall–Kier alpha value is -3.26. The first-order valence-electron chi connectivity index (χ1n) is 9.67. The van der Waals surface area contributed by atoms with Crippen molar-refractivity contribution in [2.24, 2.45) is 0 Å². The van der Waals surface area contributed by atoms with Crippen LogP contribution < -0.4 is 15.5 Å². The van der Waals surface area contributed by atoms with Gasteiger partial charge < -0.3 is 15.5 Å². The van der Waals surface area contributed by atoms with E-state index >= 15 is 0 Å². The average Bonchev–Trinajstić information content (AvgIpc) is 2.93. The first-order valence-corrected chi connectivity index (χ1v) is 10.1. The highest BCUT2D eigenvalue weighted by Gasteiger charge is 2.43. The Balaban J connectivity index is 1.80. The Kier molecular flexibility index (Phi) is 6.79. The van der Waals surface area contributed by atoms with Crippen LogP contribution in [0.2, 0.25) is 0 Å². The highest BCUT2D eigenvalue weighted by molar-refractivity contribution is 7.80. The summed E-state index contributed by atoms with van der Waals surface area (Å²) in [7, 11) is 0. The molecule has 1 atom stereocenters. The molecule has 1 heterocycles. The van der Waals surface area contributed by atoms with Crippen LogP contribution in [0.1, 0.15) is 18.9 Å². The summed E-state index contributed by atoms with van der Waals surface area (Å²) in [5, 5.41) is 5.85. The van der Waals surface area contributed by atoms with Gasteiger partial charge in [0.05, 0.1) is 12.1 Å². The molecule has 2 aromatic rings. The number of aryl methyl sites for hydroxylation is 1. The molecule has 30 heavy (non-hydrogen) atoms. The second-order valence-electron chi connectivity index (χ2n) is 7.10. The molecule has 0 spiro atoms. The zero-order valence-electron chi connectivity index (χ0n) is 16.9. The maximum absolute atomic E-state index is 13.2. The van der Waals surface area contributed by atoms with Gasteiger partial charge in [-0.05, 0) is 43.4 Å². The number of para-hydroxylation sites is 1. The van der Waals surface area contributed by atoms with Gasteiger partial charge in [0.2, 0.25) is 11.8 Å². The van der Waals surface area contributed by atoms with Gasteiger partial charge in [0.25, 0.3) is 5.91 Å². The Morgan fingerprint density at radius 2 is 1.73 bits per heavy atom. The van der Waals surface area contributed by atoms with E-state index < -0.39 is 6.04 Å². The fourth-order valence-electron chi connectivity index (χ4n) is 3.28. The van der Waals surface area contributed by atoms with Gasteiger partial charge in [0.15, 0.2) is 5.11 Å². The summed E-state index contributed by atoms with van der Waals surface area (Å²) < 4.78 is 0. The van der Waals surface area contributed by atoms with Gasteiger partial charge in [0, 0.05) is 25.7 Å². The van der Waals surface area contributed by atoms with E-state index in [0.717, 1.165) is 5.56 Å². The lowest BCUT2D eigenvalue weighted by molar-refractivity contribution is -0.124. The molecule has 0 aliphatic carbocycles. The highest BCUT2D eigenvalue weighted by atomic mass is 32.1. The molecule has 3 rings (SSSR count). The number of amides is 3. The predicted molar refractivity (Wildman–Crippen MR) is 120 cm³/mol. The number of rotatable bonds is 7. The van der Waals surface area contributed by atoms with Crippen LogP contribution >= 0.6 is 12.2 Å². The largest absolute Gasteiger partial charge is 0.355 e. The smallest absolute Gasteiger partial charge is 0.256 e. The van der Waals surface area contributed by atoms with E-state index in [1.54, 1.807) is 17.0 Å². The van der Waals surface area contributed by atoms with Crippen LogP contribution in [0, 0.1) is 6.92 Å². The molecule has 0 bridgehead atoms. The fraction of sp³-hybridized carbons (Fsp3) is 0.273. The van der Waals surface area contributed by atoms with Crippen molar-refractivity contribution in [2.75, 3.05) is 23.3 Å². The van der Waals surface area contributed by atoms with Gasteiger partial charge in [-0.15, -0.1) is 0 Å². The maximum atomic E-state index is 13.2. The van der Waals surface area contributed by atoms with Crippen LogP contribution in [0.3, 0.4) is 0 Å². The van der Waals surface area contributed by atoms with Crippen molar-refractivity contribution in [1.82, 2.24) is 10.2 Å². The average molecular weight is 425 g/mol. The van der Waals surface area contributed by atoms with Crippen molar-refractivity contribution in [2.45, 2.75) is 26.3 Å². The zero-order valence-corrected chi connectivity index (χ0v) is 17.7. The van der Waals surface area contributed by atoms with Gasteiger partial charge >= 0.3 is 0 Å². The Morgan fingerprint density at radius 3 is 2.37 bits per heavy atom. The van der Waals surface area contributed by atoms with Gasteiger partial charge in [-0.3, -0.25) is 19.3 Å². The molecule has 0 radical (unpaired) electrons. The summed E-state index contributed by atoms with van der Waals surface area (Å²) in [4.78, 5) is 40.2. The number of nitrogens with zero attached hydrogens (tertiary/aromatic N) is 2. The molecule has 1 unspecified atom stereocenters. The maximum Gasteiger partial charge on any atom is 0.256 e. The topological polar surface area (TPSA) is 81.8 Å². The lowest BCUT2D eigenvalue weighted by atomic mass is 10.1. The van der Waals surface area contributed by atoms with Crippen molar-refractivity contribution >= 4 is 46.4 Å². The summed E-state index contributed by atoms with van der Waals surface area (Å²) in [5.41, 5.74) is 2.39. The highest BCUT2D eigenvalue weighted by Crippen LogP contribution is 2.27. The van der Waals surface area contributed by atoms with Crippen LogP contribution in [-0.4, -0.2) is 46.9 Å². The number of hydrogen-bond acceptors (Lipinski definition) is 4. The van der Waals surface area contributed by atoms with E-state index in [4.69, 9.17) is 12.2 Å². The summed E-state index contributed by atoms with van der Waals surface area (Å²) in [6, 6.07) is 15.8. The third-order valence-electron chi connectivity index (χ3n) is 4.77. The minimum atomic E-state index is -0.740. The van der Waals surface area contributed by atoms with Crippen LogP contribution in [-0.2, 0) is 14.4 Å². The molecule has 2 N–H and O–H groups in total. The van der Waals surface area contributed by atoms with E-state index in [9.17, 15) is 14.4 Å². The lowest BCUT2D eigenvalue weighted by Crippen LogP contribution is -2.42. The monoisotopic (exact) mass is 424 g/mol. The fourth-order valence-corrected chi connectivity index (χ4v) is 3.69. The van der Waals surface area contributed by atoms with Crippen molar-refractivity contribution < 1.29 is 14.4 Å². The minimum Gasteiger partial charge on any atom is -0.355 e. The molecule has 8 heteroatoms. The SMILES string of the molecule is CC(=O)NCCN1C(=S)N(c2ccc(C)cc2)C(=O)C1CC(=O)Nc1ccccc1. The number of hydrogen-bond donors (Lipinski definition) is 2. The normalized spacial score (nSPS) is 16.0. The van der Waals surface area contributed by atoms with E-state index in [0.29, 0.717) is 29.6 Å². The molecule has 0 saturated carbocycles. The molecule has 0 aromatic heterocycles. The van der Waals surface area contributed by atoms with Gasteiger partial charge in [-0.1, -0.05) is 35.9 Å². The van der Waals surface area contributed by atoms with Crippen molar-refractivity contribution in [3.63, 3.8) is 0 Å². The van der Waals surface area contributed by atoms with Crippen LogP contribution in [0.4, 0.5) is 11.4 Å². The van der Waals surface area contributed by atoms with E-state index in [1.165, 1.54) is 11.8 Å². The molecule has 7 nitrogen and oxygen atoms in total. The van der Waals surface area contributed by atoms with Crippen LogP contribution in [0.25, 0.3) is 0 Å². The molecule has 1 aliphatic rings. The Bertz CT molecular complexity index is 947. The second kappa shape index (κ2) is 9.49. The molecule has 2 aromatic carbocycles. The number of carbonyl (C=O) groups excluding carboxylic acids is 3. The van der Waals surface area contributed by atoms with Crippen molar-refractivity contribution in [3.05, 3.63) is 60.2 Å². The third kappa shape index (κ3) is 5.01. The summed E-state index contributed by atoms with van der Waals surface area (Å²) in [6.45, 7) is 4.04. The molecular weight excluding hydrogens is 400 g/mol. The Labute approximate surface area is 181 Å².